The van der Waals surface area contributed by atoms with Gasteiger partial charge in [-0.2, -0.15) is 10.2 Å². The second kappa shape index (κ2) is 14.2. The molecule has 0 aliphatic heterocycles. The van der Waals surface area contributed by atoms with Crippen LogP contribution in [0.4, 0.5) is 0 Å². The van der Waals surface area contributed by atoms with Crippen molar-refractivity contribution in [1.29, 1.82) is 0 Å². The lowest BCUT2D eigenvalue weighted by Crippen LogP contribution is -2.19. The van der Waals surface area contributed by atoms with E-state index in [0.29, 0.717) is 23.0 Å². The van der Waals surface area contributed by atoms with Gasteiger partial charge in [0.1, 0.15) is 23.0 Å². The number of hydrogen-bond acceptors (Lipinski definition) is 6. The molecule has 4 aromatic rings. The van der Waals surface area contributed by atoms with Crippen LogP contribution >= 0.6 is 15.5 Å². The van der Waals surface area contributed by atoms with Gasteiger partial charge in [-0.3, -0.25) is 0 Å². The Bertz CT molecular complexity index is 1550. The van der Waals surface area contributed by atoms with Gasteiger partial charge in [-0.05, 0) is 72.5 Å². The number of rotatable bonds is 14. The maximum Gasteiger partial charge on any atom is 0.513 e. The van der Waals surface area contributed by atoms with Gasteiger partial charge in [-0.25, -0.2) is 9.13 Å². The Balaban J connectivity index is 1.28. The van der Waals surface area contributed by atoms with Crippen LogP contribution in [0.2, 0.25) is 0 Å². The highest BCUT2D eigenvalue weighted by Gasteiger charge is 2.30. The molecular weight excluding hydrogens is 570 g/mol. The van der Waals surface area contributed by atoms with Crippen molar-refractivity contribution in [2.45, 2.75) is 25.9 Å². The lowest BCUT2D eigenvalue weighted by molar-refractivity contribution is 0.323. The van der Waals surface area contributed by atoms with Crippen LogP contribution in [0.1, 0.15) is 24.0 Å². The lowest BCUT2D eigenvalue weighted by atomic mass is 10.1. The van der Waals surface area contributed by atoms with Crippen molar-refractivity contribution in [3.8, 4) is 17.2 Å². The van der Waals surface area contributed by atoms with Crippen LogP contribution in [0, 0.1) is 0 Å². The monoisotopic (exact) mass is 602 g/mol. The van der Waals surface area contributed by atoms with Gasteiger partial charge in [0.2, 0.25) is 0 Å². The fourth-order valence-electron chi connectivity index (χ4n) is 4.05. The van der Waals surface area contributed by atoms with Gasteiger partial charge in [0.05, 0.1) is 0 Å². The van der Waals surface area contributed by atoms with E-state index in [1.54, 1.807) is 78.9 Å². The molecule has 0 amide bonds. The molecule has 0 heterocycles. The largest absolute Gasteiger partial charge is 0.513 e. The topological polar surface area (TPSA) is 95.1 Å². The van der Waals surface area contributed by atoms with Crippen molar-refractivity contribution in [1.82, 2.24) is 10.2 Å². The molecule has 8 nitrogen and oxygen atoms in total. The summed E-state index contributed by atoms with van der Waals surface area (Å²) in [5.74, 6) is 1.76. The molecule has 0 bridgehead atoms. The van der Waals surface area contributed by atoms with Crippen molar-refractivity contribution < 1.29 is 27.2 Å². The van der Waals surface area contributed by atoms with Crippen LogP contribution < -0.4 is 23.7 Å². The van der Waals surface area contributed by atoms with Gasteiger partial charge in [0, 0.05) is 13.1 Å². The van der Waals surface area contributed by atoms with E-state index in [2.05, 4.69) is 10.2 Å². The fourth-order valence-corrected chi connectivity index (χ4v) is 6.74. The Hall–Kier alpha value is -4.06. The normalized spacial score (nSPS) is 14.3. The molecule has 1 unspecified atom stereocenters. The summed E-state index contributed by atoms with van der Waals surface area (Å²) in [7, 11) is -7.59. The van der Waals surface area contributed by atoms with Crippen LogP contribution in [0.25, 0.3) is 0 Å². The predicted molar refractivity (Wildman–Crippen MR) is 164 cm³/mol. The fraction of sp³-hybridized carbons (Fsp3) is 0.125. The minimum atomic E-state index is -3.81. The summed E-state index contributed by atoms with van der Waals surface area (Å²) in [6.45, 7) is 0.394. The van der Waals surface area contributed by atoms with Crippen molar-refractivity contribution >= 4 is 15.5 Å². The van der Waals surface area contributed by atoms with E-state index < -0.39 is 15.5 Å². The van der Waals surface area contributed by atoms with Crippen LogP contribution in [0.5, 0.6) is 17.2 Å². The Morgan fingerprint density at radius 1 is 0.548 bits per heavy atom. The second-order valence-electron chi connectivity index (χ2n) is 9.38. The van der Waals surface area contributed by atoms with Crippen molar-refractivity contribution in [3.05, 3.63) is 150 Å². The van der Waals surface area contributed by atoms with Crippen molar-refractivity contribution in [2.24, 2.45) is 0 Å². The average molecular weight is 603 g/mol. The summed E-state index contributed by atoms with van der Waals surface area (Å²) >= 11 is 0. The number of nitrogens with one attached hydrogen (secondary N) is 2. The first-order valence-corrected chi connectivity index (χ1v) is 16.6. The molecule has 0 spiro atoms. The van der Waals surface area contributed by atoms with Gasteiger partial charge in [0.25, 0.3) is 0 Å². The quantitative estimate of drug-likeness (QED) is 0.139. The maximum absolute atomic E-state index is 13.8. The molecule has 0 saturated heterocycles. The predicted octanol–water partition coefficient (Wildman–Crippen LogP) is 8.57. The third kappa shape index (κ3) is 8.97. The molecule has 0 radical (unpaired) electrons. The summed E-state index contributed by atoms with van der Waals surface area (Å²) in [6, 6.07) is 34.2. The zero-order valence-corrected chi connectivity index (χ0v) is 24.7. The Labute approximate surface area is 246 Å². The van der Waals surface area contributed by atoms with Crippen LogP contribution in [0.15, 0.2) is 139 Å². The number of allylic oxidation sites excluding steroid dienone is 3. The highest BCUT2D eigenvalue weighted by atomic mass is 31.2. The molecule has 1 atom stereocenters. The molecule has 10 heteroatoms. The molecule has 42 heavy (non-hydrogen) atoms. The first-order chi connectivity index (χ1) is 20.5. The van der Waals surface area contributed by atoms with E-state index in [9.17, 15) is 9.13 Å². The molecule has 0 aromatic heterocycles. The highest BCUT2D eigenvalue weighted by molar-refractivity contribution is 7.52. The minimum Gasteiger partial charge on any atom is -0.405 e. The van der Waals surface area contributed by atoms with E-state index in [1.807, 2.05) is 54.6 Å². The molecule has 0 saturated carbocycles. The van der Waals surface area contributed by atoms with E-state index in [1.165, 1.54) is 0 Å². The third-order valence-electron chi connectivity index (χ3n) is 6.04. The molecule has 5 rings (SSSR count). The molecule has 2 N–H and O–H groups in total. The zero-order chi connectivity index (χ0) is 29.1. The van der Waals surface area contributed by atoms with Gasteiger partial charge in [-0.1, -0.05) is 84.9 Å². The van der Waals surface area contributed by atoms with Crippen LogP contribution in [-0.2, 0) is 26.7 Å². The number of hydrogen-bond donors (Lipinski definition) is 2. The smallest absolute Gasteiger partial charge is 0.405 e. The molecule has 216 valence electrons. The first kappa shape index (κ1) is 29.4. The minimum absolute atomic E-state index is 0.192. The maximum atomic E-state index is 13.8. The Morgan fingerprint density at radius 2 is 1.00 bits per heavy atom. The van der Waals surface area contributed by atoms with Gasteiger partial charge in [0.15, 0.2) is 0 Å². The average Bonchev–Trinajstić information content (AvgIpc) is 3.01. The summed E-state index contributed by atoms with van der Waals surface area (Å²) in [6.07, 6.45) is 7.37. The van der Waals surface area contributed by atoms with Gasteiger partial charge in [-0.15, -0.1) is 0 Å². The summed E-state index contributed by atoms with van der Waals surface area (Å²) in [5, 5.41) is 5.95. The van der Waals surface area contributed by atoms with Crippen LogP contribution in [-0.4, -0.2) is 0 Å². The van der Waals surface area contributed by atoms with E-state index >= 15 is 0 Å². The SMILES string of the molecule is O=P(NCc1cccc(CNP(=O)(Oc2ccccc2)Oc2ccccc2)c1)(OC1=CCCC=C1)Oc1ccccc1. The van der Waals surface area contributed by atoms with Crippen molar-refractivity contribution in [3.63, 3.8) is 0 Å². The lowest BCUT2D eigenvalue weighted by Gasteiger charge is -2.22. The van der Waals surface area contributed by atoms with E-state index in [4.69, 9.17) is 18.1 Å². The number of para-hydroxylation sites is 3. The van der Waals surface area contributed by atoms with Crippen molar-refractivity contribution in [2.75, 3.05) is 0 Å². The summed E-state index contributed by atoms with van der Waals surface area (Å²) in [4.78, 5) is 0. The summed E-state index contributed by atoms with van der Waals surface area (Å²) in [5.41, 5.74) is 1.64. The third-order valence-corrected chi connectivity index (χ3v) is 8.93. The molecular formula is C32H32N2O6P2. The molecule has 1 aliphatic rings. The van der Waals surface area contributed by atoms with Gasteiger partial charge >= 0.3 is 15.5 Å². The second-order valence-corrected chi connectivity index (χ2v) is 12.7. The van der Waals surface area contributed by atoms with Gasteiger partial charge < -0.3 is 18.1 Å². The van der Waals surface area contributed by atoms with E-state index in [-0.39, 0.29) is 13.1 Å². The van der Waals surface area contributed by atoms with Crippen LogP contribution in [0.3, 0.4) is 0 Å². The number of benzene rings is 4. The first-order valence-electron chi connectivity index (χ1n) is 13.6. The van der Waals surface area contributed by atoms with E-state index in [0.717, 1.165) is 24.0 Å². The molecule has 4 aromatic carbocycles. The molecule has 0 fully saturated rings. The standard InChI is InChI=1S/C32H32N2O6P2/c35-41(37-29-16-5-1-6-17-29,38-30-18-7-2-8-19-30)33-25-27-14-13-15-28(24-27)26-34-42(36,39-31-20-9-3-10-21-31)40-32-22-11-4-12-23-32/h1-3,5-11,13-24H,4,12,25-26H2,(H,33,35)(H,34,36). The Kier molecular flexibility index (Phi) is 9.96. The zero-order valence-electron chi connectivity index (χ0n) is 22.9. The summed E-state index contributed by atoms with van der Waals surface area (Å²) < 4.78 is 50.9. The molecule has 1 aliphatic carbocycles. The highest BCUT2D eigenvalue weighted by Crippen LogP contribution is 2.47. The Morgan fingerprint density at radius 3 is 1.43 bits per heavy atom.